The number of hydrogen-bond donors (Lipinski definition) is 2. The van der Waals surface area contributed by atoms with Gasteiger partial charge in [0.2, 0.25) is 0 Å². The smallest absolute Gasteiger partial charge is 0.108 e. The lowest BCUT2D eigenvalue weighted by Crippen LogP contribution is -2.29. The Morgan fingerprint density at radius 2 is 2.00 bits per heavy atom. The number of benzene rings is 1. The van der Waals surface area contributed by atoms with E-state index in [4.69, 9.17) is 5.73 Å². The first kappa shape index (κ1) is 15.8. The van der Waals surface area contributed by atoms with Gasteiger partial charge in [-0.1, -0.05) is 6.92 Å². The van der Waals surface area contributed by atoms with Crippen LogP contribution in [0.2, 0.25) is 0 Å². The van der Waals surface area contributed by atoms with Crippen LogP contribution in [0.1, 0.15) is 19.2 Å². The van der Waals surface area contributed by atoms with Crippen LogP contribution in [0.5, 0.6) is 0 Å². The van der Waals surface area contributed by atoms with Crippen LogP contribution >= 0.6 is 0 Å². The summed E-state index contributed by atoms with van der Waals surface area (Å²) in [6.45, 7) is 6.62. The van der Waals surface area contributed by atoms with E-state index < -0.39 is 0 Å². The Kier molecular flexibility index (Phi) is 5.59. The van der Waals surface area contributed by atoms with Gasteiger partial charge < -0.3 is 20.5 Å². The largest absolute Gasteiger partial charge is 0.399 e. The molecule has 21 heavy (non-hydrogen) atoms. The molecule has 2 rings (SSSR count). The molecule has 5 heteroatoms. The molecule has 0 fully saturated rings. The topological polar surface area (TPSA) is 61.2 Å². The van der Waals surface area contributed by atoms with Gasteiger partial charge in [0.05, 0.1) is 11.0 Å². The van der Waals surface area contributed by atoms with Crippen molar-refractivity contribution in [3.05, 3.63) is 24.0 Å². The number of nitrogen functional groups attached to an aromatic ring is 1. The van der Waals surface area contributed by atoms with Crippen molar-refractivity contribution >= 4 is 16.7 Å². The molecule has 0 saturated carbocycles. The summed E-state index contributed by atoms with van der Waals surface area (Å²) < 4.78 is 0. The standard InChI is InChI=1S/C16H27N5/c1-4-21(10-5-9-20(2)3)11-8-16-18-14-7-6-13(17)12-15(14)19-16/h6-7,12H,4-5,8-11,17H2,1-3H3,(H,18,19). The molecule has 0 saturated heterocycles. The summed E-state index contributed by atoms with van der Waals surface area (Å²) in [5, 5.41) is 0. The monoisotopic (exact) mass is 289 g/mol. The van der Waals surface area contributed by atoms with Crippen molar-refractivity contribution in [3.63, 3.8) is 0 Å². The average Bonchev–Trinajstić information content (AvgIpc) is 2.84. The minimum atomic E-state index is 0.775. The van der Waals surface area contributed by atoms with E-state index >= 15 is 0 Å². The zero-order valence-electron chi connectivity index (χ0n) is 13.4. The van der Waals surface area contributed by atoms with E-state index in [1.165, 1.54) is 6.42 Å². The Morgan fingerprint density at radius 3 is 2.71 bits per heavy atom. The summed E-state index contributed by atoms with van der Waals surface area (Å²) in [7, 11) is 4.24. The SMILES string of the molecule is CCN(CCCN(C)C)CCc1nc2ccc(N)cc2[nH]1. The third kappa shape index (κ3) is 4.72. The molecule has 1 heterocycles. The van der Waals surface area contributed by atoms with Gasteiger partial charge in [0.1, 0.15) is 5.82 Å². The number of aromatic nitrogens is 2. The third-order valence-electron chi connectivity index (χ3n) is 3.75. The minimum Gasteiger partial charge on any atom is -0.399 e. The second kappa shape index (κ2) is 7.43. The van der Waals surface area contributed by atoms with Crippen LogP contribution in [-0.2, 0) is 6.42 Å². The molecule has 0 radical (unpaired) electrons. The van der Waals surface area contributed by atoms with Crippen molar-refractivity contribution in [1.82, 2.24) is 19.8 Å². The lowest BCUT2D eigenvalue weighted by Gasteiger charge is -2.20. The fourth-order valence-electron chi connectivity index (χ4n) is 2.50. The number of nitrogens with one attached hydrogen (secondary N) is 1. The molecule has 0 unspecified atom stereocenters. The van der Waals surface area contributed by atoms with Crippen LogP contribution < -0.4 is 5.73 Å². The van der Waals surface area contributed by atoms with Gasteiger partial charge in [0.25, 0.3) is 0 Å². The lowest BCUT2D eigenvalue weighted by atomic mass is 10.3. The van der Waals surface area contributed by atoms with Crippen molar-refractivity contribution < 1.29 is 0 Å². The molecule has 1 aromatic heterocycles. The van der Waals surface area contributed by atoms with Crippen LogP contribution in [0, 0.1) is 0 Å². The molecule has 0 atom stereocenters. The Hall–Kier alpha value is -1.59. The molecule has 1 aromatic carbocycles. The predicted molar refractivity (Wildman–Crippen MR) is 89.5 cm³/mol. The van der Waals surface area contributed by atoms with Crippen molar-refractivity contribution in [2.75, 3.05) is 46.0 Å². The molecule has 0 amide bonds. The normalized spacial score (nSPS) is 11.9. The molecular formula is C16H27N5. The van der Waals surface area contributed by atoms with Crippen LogP contribution in [0.3, 0.4) is 0 Å². The van der Waals surface area contributed by atoms with Crippen molar-refractivity contribution in [1.29, 1.82) is 0 Å². The molecule has 116 valence electrons. The zero-order valence-corrected chi connectivity index (χ0v) is 13.4. The first-order chi connectivity index (χ1) is 10.1. The van der Waals surface area contributed by atoms with Gasteiger partial charge in [-0.3, -0.25) is 0 Å². The maximum absolute atomic E-state index is 5.80. The van der Waals surface area contributed by atoms with Crippen molar-refractivity contribution in [2.24, 2.45) is 0 Å². The van der Waals surface area contributed by atoms with Gasteiger partial charge in [0.15, 0.2) is 0 Å². The number of anilines is 1. The van der Waals surface area contributed by atoms with Crippen LogP contribution in [0.4, 0.5) is 5.69 Å². The molecule has 2 aromatic rings. The van der Waals surface area contributed by atoms with Gasteiger partial charge in [0, 0.05) is 18.7 Å². The van der Waals surface area contributed by atoms with Crippen molar-refractivity contribution in [2.45, 2.75) is 19.8 Å². The average molecular weight is 289 g/mol. The molecule has 5 nitrogen and oxygen atoms in total. The summed E-state index contributed by atoms with van der Waals surface area (Å²) in [6, 6.07) is 5.81. The minimum absolute atomic E-state index is 0.775. The Morgan fingerprint density at radius 1 is 1.19 bits per heavy atom. The maximum atomic E-state index is 5.80. The summed E-state index contributed by atoms with van der Waals surface area (Å²) in [6.07, 6.45) is 2.15. The highest BCUT2D eigenvalue weighted by atomic mass is 15.1. The van der Waals surface area contributed by atoms with Crippen molar-refractivity contribution in [3.8, 4) is 0 Å². The molecule has 0 bridgehead atoms. The van der Waals surface area contributed by atoms with E-state index in [-0.39, 0.29) is 0 Å². The number of H-pyrrole nitrogens is 1. The second-order valence-corrected chi connectivity index (χ2v) is 5.80. The zero-order chi connectivity index (χ0) is 15.2. The molecule has 0 aliphatic heterocycles. The number of nitrogens with two attached hydrogens (primary N) is 1. The first-order valence-electron chi connectivity index (χ1n) is 7.69. The van der Waals surface area contributed by atoms with Crippen LogP contribution in [0.15, 0.2) is 18.2 Å². The fraction of sp³-hybridized carbons (Fsp3) is 0.562. The summed E-state index contributed by atoms with van der Waals surface area (Å²) in [4.78, 5) is 12.7. The van der Waals surface area contributed by atoms with Gasteiger partial charge in [-0.05, 0) is 58.3 Å². The molecular weight excluding hydrogens is 262 g/mol. The summed E-state index contributed by atoms with van der Waals surface area (Å²) >= 11 is 0. The Labute approximate surface area is 127 Å². The fourth-order valence-corrected chi connectivity index (χ4v) is 2.50. The van der Waals surface area contributed by atoms with E-state index in [9.17, 15) is 0 Å². The van der Waals surface area contributed by atoms with Crippen LogP contribution in [-0.4, -0.2) is 60.0 Å². The van der Waals surface area contributed by atoms with E-state index in [2.05, 4.69) is 40.8 Å². The second-order valence-electron chi connectivity index (χ2n) is 5.80. The van der Waals surface area contributed by atoms with E-state index in [1.54, 1.807) is 0 Å². The predicted octanol–water partition coefficient (Wildman–Crippen LogP) is 1.96. The Bertz CT molecular complexity index is 561. The summed E-state index contributed by atoms with van der Waals surface area (Å²) in [5.74, 6) is 1.04. The van der Waals surface area contributed by atoms with Gasteiger partial charge in [-0.25, -0.2) is 4.98 Å². The molecule has 0 aliphatic carbocycles. The highest BCUT2D eigenvalue weighted by Gasteiger charge is 2.07. The van der Waals surface area contributed by atoms with Crippen LogP contribution in [0.25, 0.3) is 11.0 Å². The maximum Gasteiger partial charge on any atom is 0.108 e. The van der Waals surface area contributed by atoms with Gasteiger partial charge >= 0.3 is 0 Å². The lowest BCUT2D eigenvalue weighted by molar-refractivity contribution is 0.268. The number of aromatic amines is 1. The molecule has 0 spiro atoms. The number of nitrogens with zero attached hydrogens (tertiary/aromatic N) is 3. The van der Waals surface area contributed by atoms with Gasteiger partial charge in [-0.2, -0.15) is 0 Å². The number of likely N-dealkylation sites (N-methyl/N-ethyl adjacent to an activating group) is 1. The highest BCUT2D eigenvalue weighted by molar-refractivity contribution is 5.78. The Balaban J connectivity index is 1.87. The highest BCUT2D eigenvalue weighted by Crippen LogP contribution is 2.15. The van der Waals surface area contributed by atoms with E-state index in [0.29, 0.717) is 0 Å². The van der Waals surface area contributed by atoms with E-state index in [0.717, 1.165) is 55.1 Å². The first-order valence-corrected chi connectivity index (χ1v) is 7.69. The quantitative estimate of drug-likeness (QED) is 0.729. The van der Waals surface area contributed by atoms with E-state index in [1.807, 2.05) is 18.2 Å². The molecule has 0 aliphatic rings. The van der Waals surface area contributed by atoms with Gasteiger partial charge in [-0.15, -0.1) is 0 Å². The number of imidazole rings is 1. The molecule has 3 N–H and O–H groups in total. The number of fused-ring (bicyclic) bond motifs is 1. The summed E-state index contributed by atoms with van der Waals surface area (Å²) in [5.41, 5.74) is 8.59. The third-order valence-corrected chi connectivity index (χ3v) is 3.75. The number of rotatable bonds is 8. The number of hydrogen-bond acceptors (Lipinski definition) is 4.